The van der Waals surface area contributed by atoms with Crippen LogP contribution in [0.2, 0.25) is 0 Å². The van der Waals surface area contributed by atoms with Crippen molar-refractivity contribution in [1.82, 2.24) is 14.7 Å². The molecule has 0 radical (unpaired) electrons. The number of likely N-dealkylation sites (tertiary alicyclic amines) is 1. The number of aliphatic hydroxyl groups excluding tert-OH is 1. The molecule has 2 aliphatic heterocycles. The van der Waals surface area contributed by atoms with E-state index in [1.807, 2.05) is 0 Å². The van der Waals surface area contributed by atoms with Gasteiger partial charge in [0.05, 0.1) is 0 Å². The van der Waals surface area contributed by atoms with Gasteiger partial charge in [-0.25, -0.2) is 0 Å². The van der Waals surface area contributed by atoms with E-state index in [-0.39, 0.29) is 0 Å². The summed E-state index contributed by atoms with van der Waals surface area (Å²) in [7, 11) is 0. The number of hydrogen-bond donors (Lipinski definition) is 1. The minimum Gasteiger partial charge on any atom is -0.396 e. The van der Waals surface area contributed by atoms with E-state index in [0.717, 1.165) is 32.6 Å². The van der Waals surface area contributed by atoms with E-state index in [1.54, 1.807) is 0 Å². The second-order valence-electron chi connectivity index (χ2n) is 8.90. The van der Waals surface area contributed by atoms with Crippen LogP contribution in [0.3, 0.4) is 0 Å². The van der Waals surface area contributed by atoms with Crippen molar-refractivity contribution in [3.8, 4) is 0 Å². The zero-order chi connectivity index (χ0) is 19.9. The van der Waals surface area contributed by atoms with Crippen LogP contribution in [0.1, 0.15) is 45.6 Å². The molecule has 0 amide bonds. The SMILES string of the molecule is C/C(=C\c1ccccc1)CN1CCN(C2CCN(C(C)C)CC2)C(CCO)C1. The highest BCUT2D eigenvalue weighted by atomic mass is 16.3. The molecule has 0 bridgehead atoms. The summed E-state index contributed by atoms with van der Waals surface area (Å²) in [6.45, 7) is 13.9. The Bertz CT molecular complexity index is 608. The highest BCUT2D eigenvalue weighted by Crippen LogP contribution is 2.24. The molecule has 0 aliphatic carbocycles. The monoisotopic (exact) mass is 385 g/mol. The molecule has 3 rings (SSSR count). The quantitative estimate of drug-likeness (QED) is 0.780. The van der Waals surface area contributed by atoms with Crippen molar-refractivity contribution >= 4 is 6.08 Å². The molecule has 1 N–H and O–H groups in total. The summed E-state index contributed by atoms with van der Waals surface area (Å²) in [4.78, 5) is 7.90. The zero-order valence-electron chi connectivity index (χ0n) is 18.1. The van der Waals surface area contributed by atoms with Gasteiger partial charge in [-0.1, -0.05) is 42.0 Å². The van der Waals surface area contributed by atoms with Crippen LogP contribution in [0.15, 0.2) is 35.9 Å². The topological polar surface area (TPSA) is 30.0 Å². The van der Waals surface area contributed by atoms with Crippen LogP contribution in [0.5, 0.6) is 0 Å². The Labute approximate surface area is 171 Å². The van der Waals surface area contributed by atoms with Crippen molar-refractivity contribution in [2.75, 3.05) is 45.9 Å². The molecule has 2 fully saturated rings. The van der Waals surface area contributed by atoms with Gasteiger partial charge in [0.15, 0.2) is 0 Å². The second-order valence-corrected chi connectivity index (χ2v) is 8.90. The molecule has 0 saturated carbocycles. The van der Waals surface area contributed by atoms with Crippen molar-refractivity contribution in [2.45, 2.75) is 58.2 Å². The average molecular weight is 386 g/mol. The molecule has 1 unspecified atom stereocenters. The molecule has 1 atom stereocenters. The third-order valence-corrected chi connectivity index (χ3v) is 6.46. The molecule has 0 spiro atoms. The van der Waals surface area contributed by atoms with Gasteiger partial charge in [-0.3, -0.25) is 9.80 Å². The fourth-order valence-corrected chi connectivity index (χ4v) is 4.93. The molecule has 28 heavy (non-hydrogen) atoms. The fraction of sp³-hybridized carbons (Fsp3) is 0.667. The van der Waals surface area contributed by atoms with Gasteiger partial charge in [0, 0.05) is 50.9 Å². The average Bonchev–Trinajstić information content (AvgIpc) is 2.69. The summed E-state index contributed by atoms with van der Waals surface area (Å²) >= 11 is 0. The van der Waals surface area contributed by atoms with E-state index in [4.69, 9.17) is 0 Å². The summed E-state index contributed by atoms with van der Waals surface area (Å²) in [6.07, 6.45) is 5.73. The largest absolute Gasteiger partial charge is 0.396 e. The Kier molecular flexibility index (Phi) is 8.10. The van der Waals surface area contributed by atoms with Crippen molar-refractivity contribution in [3.63, 3.8) is 0 Å². The van der Waals surface area contributed by atoms with Crippen LogP contribution >= 0.6 is 0 Å². The van der Waals surface area contributed by atoms with Gasteiger partial charge in [-0.2, -0.15) is 0 Å². The number of rotatable bonds is 7. The minimum atomic E-state index is 0.290. The summed E-state index contributed by atoms with van der Waals surface area (Å²) in [5.41, 5.74) is 2.69. The van der Waals surface area contributed by atoms with E-state index >= 15 is 0 Å². The number of piperazine rings is 1. The predicted octanol–water partition coefficient (Wildman–Crippen LogP) is 3.33. The number of benzene rings is 1. The van der Waals surface area contributed by atoms with Gasteiger partial charge in [0.25, 0.3) is 0 Å². The zero-order valence-corrected chi connectivity index (χ0v) is 18.1. The van der Waals surface area contributed by atoms with Crippen molar-refractivity contribution < 1.29 is 5.11 Å². The maximum atomic E-state index is 9.65. The van der Waals surface area contributed by atoms with Crippen LogP contribution in [0, 0.1) is 0 Å². The van der Waals surface area contributed by atoms with Crippen molar-refractivity contribution in [3.05, 3.63) is 41.5 Å². The highest BCUT2D eigenvalue weighted by molar-refractivity contribution is 5.52. The highest BCUT2D eigenvalue weighted by Gasteiger charge is 2.33. The van der Waals surface area contributed by atoms with Gasteiger partial charge in [0.1, 0.15) is 0 Å². The summed E-state index contributed by atoms with van der Waals surface area (Å²) in [6, 6.07) is 12.4. The first kappa shape index (κ1) is 21.5. The van der Waals surface area contributed by atoms with Gasteiger partial charge < -0.3 is 10.0 Å². The molecule has 1 aromatic carbocycles. The first-order valence-electron chi connectivity index (χ1n) is 11.1. The normalized spacial score (nSPS) is 24.2. The van der Waals surface area contributed by atoms with E-state index in [1.165, 1.54) is 37.1 Å². The van der Waals surface area contributed by atoms with Gasteiger partial charge >= 0.3 is 0 Å². The third-order valence-electron chi connectivity index (χ3n) is 6.46. The molecular weight excluding hydrogens is 346 g/mol. The van der Waals surface area contributed by atoms with Crippen LogP contribution in [0.25, 0.3) is 6.08 Å². The Morgan fingerprint density at radius 2 is 1.82 bits per heavy atom. The maximum absolute atomic E-state index is 9.65. The maximum Gasteiger partial charge on any atom is 0.0446 e. The lowest BCUT2D eigenvalue weighted by Gasteiger charge is -2.48. The van der Waals surface area contributed by atoms with Crippen LogP contribution < -0.4 is 0 Å². The first-order valence-corrected chi connectivity index (χ1v) is 11.1. The van der Waals surface area contributed by atoms with Crippen LogP contribution in [0.4, 0.5) is 0 Å². The first-order chi connectivity index (χ1) is 13.6. The van der Waals surface area contributed by atoms with E-state index in [9.17, 15) is 5.11 Å². The summed E-state index contributed by atoms with van der Waals surface area (Å²) in [5.74, 6) is 0. The van der Waals surface area contributed by atoms with Crippen LogP contribution in [-0.4, -0.2) is 83.8 Å². The van der Waals surface area contributed by atoms with Gasteiger partial charge in [0.2, 0.25) is 0 Å². The van der Waals surface area contributed by atoms with E-state index in [0.29, 0.717) is 24.7 Å². The van der Waals surface area contributed by atoms with Gasteiger partial charge in [-0.15, -0.1) is 0 Å². The number of nitrogens with zero attached hydrogens (tertiary/aromatic N) is 3. The Hall–Kier alpha value is -1.20. The summed E-state index contributed by atoms with van der Waals surface area (Å²) in [5, 5.41) is 9.65. The molecule has 2 saturated heterocycles. The standard InChI is InChI=1S/C24H39N3O/c1-20(2)26-12-9-23(10-13-26)27-15-14-25(19-24(27)11-16-28)18-21(3)17-22-7-5-4-6-8-22/h4-8,17,20,23-24,28H,9-16,18-19H2,1-3H3/b21-17+. The second kappa shape index (κ2) is 10.5. The molecule has 4 nitrogen and oxygen atoms in total. The molecule has 2 aliphatic rings. The minimum absolute atomic E-state index is 0.290. The molecular formula is C24H39N3O. The number of piperidine rings is 1. The lowest BCUT2D eigenvalue weighted by atomic mass is 9.97. The molecule has 0 aromatic heterocycles. The molecule has 1 aromatic rings. The lowest BCUT2D eigenvalue weighted by Crippen LogP contribution is -2.59. The van der Waals surface area contributed by atoms with Crippen molar-refractivity contribution in [1.29, 1.82) is 0 Å². The number of hydrogen-bond acceptors (Lipinski definition) is 4. The van der Waals surface area contributed by atoms with Crippen LogP contribution in [-0.2, 0) is 0 Å². The third kappa shape index (κ3) is 5.90. The Balaban J connectivity index is 1.56. The summed E-state index contributed by atoms with van der Waals surface area (Å²) < 4.78 is 0. The lowest BCUT2D eigenvalue weighted by molar-refractivity contribution is 0.00490. The fourth-order valence-electron chi connectivity index (χ4n) is 4.93. The van der Waals surface area contributed by atoms with Crippen molar-refractivity contribution in [2.24, 2.45) is 0 Å². The van der Waals surface area contributed by atoms with Gasteiger partial charge in [-0.05, 0) is 58.7 Å². The number of aliphatic hydroxyl groups is 1. The molecule has 156 valence electrons. The van der Waals surface area contributed by atoms with E-state index < -0.39 is 0 Å². The molecule has 4 heteroatoms. The Morgan fingerprint density at radius 3 is 2.46 bits per heavy atom. The Morgan fingerprint density at radius 1 is 1.11 bits per heavy atom. The molecule has 2 heterocycles. The van der Waals surface area contributed by atoms with E-state index in [2.05, 4.69) is 71.9 Å². The smallest absolute Gasteiger partial charge is 0.0446 e. The predicted molar refractivity (Wildman–Crippen MR) is 118 cm³/mol.